The number of benzene rings is 3. The normalized spacial score (nSPS) is 12.0. The van der Waals surface area contributed by atoms with Crippen LogP contribution in [0.25, 0.3) is 11.1 Å². The highest BCUT2D eigenvalue weighted by Crippen LogP contribution is 2.36. The van der Waals surface area contributed by atoms with Crippen molar-refractivity contribution in [3.63, 3.8) is 0 Å². The predicted molar refractivity (Wildman–Crippen MR) is 196 cm³/mol. The average Bonchev–Trinajstić information content (AvgIpc) is 3.15. The van der Waals surface area contributed by atoms with Gasteiger partial charge in [0.25, 0.3) is 0 Å². The van der Waals surface area contributed by atoms with Crippen LogP contribution < -0.4 is 24.8 Å². The van der Waals surface area contributed by atoms with E-state index in [2.05, 4.69) is 40.7 Å². The molecule has 4 rings (SSSR count). The van der Waals surface area contributed by atoms with Gasteiger partial charge in [0.2, 0.25) is 0 Å². The smallest absolute Gasteiger partial charge is 0.142 e. The zero-order valence-electron chi connectivity index (χ0n) is 29.3. The van der Waals surface area contributed by atoms with Gasteiger partial charge in [0.05, 0.1) is 48.7 Å². The van der Waals surface area contributed by atoms with Crippen LogP contribution >= 0.6 is 11.6 Å². The molecule has 0 fully saturated rings. The lowest BCUT2D eigenvalue weighted by molar-refractivity contribution is 0.0942. The van der Waals surface area contributed by atoms with E-state index in [9.17, 15) is 20.6 Å². The molecule has 51 heavy (non-hydrogen) atoms. The summed E-state index contributed by atoms with van der Waals surface area (Å²) in [6.07, 6.45) is 3.10. The number of nitrogens with zero attached hydrogens (tertiary/aromatic N) is 2. The molecule has 1 atom stereocenters. The fourth-order valence-electron chi connectivity index (χ4n) is 5.28. The summed E-state index contributed by atoms with van der Waals surface area (Å²) >= 11 is 6.75. The number of nitriles is 1. The van der Waals surface area contributed by atoms with Crippen LogP contribution in [0.3, 0.4) is 0 Å². The first-order valence-corrected chi connectivity index (χ1v) is 17.2. The molecule has 0 spiro atoms. The third kappa shape index (κ3) is 11.1. The van der Waals surface area contributed by atoms with E-state index in [1.54, 1.807) is 31.3 Å². The summed E-state index contributed by atoms with van der Waals surface area (Å²) < 4.78 is 18.6. The Balaban J connectivity index is 1.50. The molecule has 0 aliphatic carbocycles. The largest absolute Gasteiger partial charge is 0.493 e. The van der Waals surface area contributed by atoms with Gasteiger partial charge in [-0.15, -0.1) is 0 Å². The Bertz CT molecular complexity index is 1780. The zero-order chi connectivity index (χ0) is 36.8. The maximum Gasteiger partial charge on any atom is 0.142 e. The second-order valence-electron chi connectivity index (χ2n) is 12.7. The molecule has 0 unspecified atom stereocenters. The standard InChI is InChI=1S/C39H47ClN4O7/c1-26-30(7-4-8-33(26)34-9-5-10-36(27(34)2)49-12-6-11-42-20-32(48)21-45)23-51-38-15-37(50-22-29-13-28(16-41)17-43-18-29)31(14-35(38)40)19-44-39(3,24-46)25-47/h4-5,7-10,13-15,17-18,32,42,44-48H,6,11-12,19-25H2,1-3H3/t32-/m0/s1. The van der Waals surface area contributed by atoms with Gasteiger partial charge in [0, 0.05) is 42.7 Å². The van der Waals surface area contributed by atoms with Crippen molar-refractivity contribution < 1.29 is 34.6 Å². The van der Waals surface area contributed by atoms with E-state index >= 15 is 0 Å². The van der Waals surface area contributed by atoms with Crippen molar-refractivity contribution in [2.75, 3.05) is 39.5 Å². The first-order valence-electron chi connectivity index (χ1n) is 16.8. The monoisotopic (exact) mass is 718 g/mol. The van der Waals surface area contributed by atoms with E-state index in [1.807, 2.05) is 31.2 Å². The second kappa shape index (κ2) is 19.4. The predicted octanol–water partition coefficient (Wildman–Crippen LogP) is 4.59. The van der Waals surface area contributed by atoms with Gasteiger partial charge in [0.1, 0.15) is 36.5 Å². The third-order valence-electron chi connectivity index (χ3n) is 8.59. The molecule has 0 amide bonds. The molecule has 0 aliphatic heterocycles. The van der Waals surface area contributed by atoms with Crippen molar-refractivity contribution in [1.82, 2.24) is 15.6 Å². The Kier molecular flexibility index (Phi) is 15.0. The molecular weight excluding hydrogens is 672 g/mol. The van der Waals surface area contributed by atoms with Crippen molar-refractivity contribution in [3.05, 3.63) is 105 Å². The third-order valence-corrected chi connectivity index (χ3v) is 8.88. The molecule has 0 bridgehead atoms. The molecule has 1 aromatic heterocycles. The fraction of sp³-hybridized carbons (Fsp3) is 0.385. The Morgan fingerprint density at radius 3 is 2.33 bits per heavy atom. The van der Waals surface area contributed by atoms with Gasteiger partial charge in [-0.2, -0.15) is 5.26 Å². The highest BCUT2D eigenvalue weighted by Gasteiger charge is 2.23. The fourth-order valence-corrected chi connectivity index (χ4v) is 5.52. The molecule has 0 saturated heterocycles. The average molecular weight is 719 g/mol. The summed E-state index contributed by atoms with van der Waals surface area (Å²) in [5, 5.41) is 53.9. The molecule has 272 valence electrons. The van der Waals surface area contributed by atoms with Gasteiger partial charge < -0.3 is 45.3 Å². The van der Waals surface area contributed by atoms with Crippen LogP contribution in [0.2, 0.25) is 5.02 Å². The maximum atomic E-state index is 9.78. The maximum absolute atomic E-state index is 9.78. The number of aliphatic hydroxyl groups excluding tert-OH is 4. The SMILES string of the molecule is Cc1c(COc2cc(OCc3cncc(C#N)c3)c(CNC(C)(CO)CO)cc2Cl)cccc1-c1cccc(OCCCNC[C@H](O)CO)c1C. The van der Waals surface area contributed by atoms with Crippen LogP contribution in [-0.2, 0) is 19.8 Å². The molecule has 0 saturated carbocycles. The number of nitrogens with one attached hydrogen (secondary N) is 2. The highest BCUT2D eigenvalue weighted by molar-refractivity contribution is 6.32. The molecule has 0 radical (unpaired) electrons. The Labute approximate surface area is 304 Å². The Hall–Kier alpha value is -4.25. The van der Waals surface area contributed by atoms with Crippen LogP contribution in [0, 0.1) is 25.2 Å². The molecular formula is C39H47ClN4O7. The minimum absolute atomic E-state index is 0.142. The molecule has 11 nitrogen and oxygen atoms in total. The quantitative estimate of drug-likeness (QED) is 0.0707. The van der Waals surface area contributed by atoms with Crippen LogP contribution in [0.5, 0.6) is 17.2 Å². The van der Waals surface area contributed by atoms with Gasteiger partial charge in [-0.25, -0.2) is 0 Å². The lowest BCUT2D eigenvalue weighted by Gasteiger charge is -2.27. The molecule has 0 aliphatic rings. The molecule has 4 aromatic rings. The van der Waals surface area contributed by atoms with Gasteiger partial charge in [-0.1, -0.05) is 41.9 Å². The highest BCUT2D eigenvalue weighted by atomic mass is 35.5. The molecule has 1 heterocycles. The molecule has 12 heteroatoms. The number of aromatic nitrogens is 1. The van der Waals surface area contributed by atoms with Gasteiger partial charge in [0.15, 0.2) is 0 Å². The van der Waals surface area contributed by atoms with E-state index < -0.39 is 11.6 Å². The van der Waals surface area contributed by atoms with Crippen LogP contribution in [0.15, 0.2) is 67.0 Å². The van der Waals surface area contributed by atoms with Crippen molar-refractivity contribution >= 4 is 11.6 Å². The summed E-state index contributed by atoms with van der Waals surface area (Å²) in [6, 6.07) is 19.3. The van der Waals surface area contributed by atoms with E-state index in [0.29, 0.717) is 52.9 Å². The first kappa shape index (κ1) is 39.5. The minimum atomic E-state index is -0.917. The van der Waals surface area contributed by atoms with E-state index in [4.69, 9.17) is 30.9 Å². The summed E-state index contributed by atoms with van der Waals surface area (Å²) in [7, 11) is 0. The van der Waals surface area contributed by atoms with Crippen LogP contribution in [-0.4, -0.2) is 76.6 Å². The van der Waals surface area contributed by atoms with E-state index in [-0.39, 0.29) is 39.6 Å². The Morgan fingerprint density at radius 1 is 0.882 bits per heavy atom. The lowest BCUT2D eigenvalue weighted by Crippen LogP contribution is -2.48. The number of rotatable bonds is 20. The summed E-state index contributed by atoms with van der Waals surface area (Å²) in [5.74, 6) is 1.70. The molecule has 6 N–H and O–H groups in total. The number of halogens is 1. The van der Waals surface area contributed by atoms with Gasteiger partial charge in [-0.05, 0) is 79.8 Å². The Morgan fingerprint density at radius 2 is 1.61 bits per heavy atom. The van der Waals surface area contributed by atoms with E-state index in [1.165, 1.54) is 6.20 Å². The summed E-state index contributed by atoms with van der Waals surface area (Å²) in [4.78, 5) is 4.11. The molecule has 3 aromatic carbocycles. The van der Waals surface area contributed by atoms with Crippen LogP contribution in [0.4, 0.5) is 0 Å². The van der Waals surface area contributed by atoms with E-state index in [0.717, 1.165) is 40.0 Å². The zero-order valence-corrected chi connectivity index (χ0v) is 30.0. The van der Waals surface area contributed by atoms with Crippen molar-refractivity contribution in [1.29, 1.82) is 5.26 Å². The minimum Gasteiger partial charge on any atom is -0.493 e. The summed E-state index contributed by atoms with van der Waals surface area (Å²) in [5.41, 5.74) is 6.06. The number of hydrogen-bond donors (Lipinski definition) is 6. The van der Waals surface area contributed by atoms with Gasteiger partial charge in [-0.3, -0.25) is 4.98 Å². The lowest BCUT2D eigenvalue weighted by atomic mass is 9.93. The number of hydrogen-bond acceptors (Lipinski definition) is 11. The van der Waals surface area contributed by atoms with Gasteiger partial charge >= 0.3 is 0 Å². The topological polar surface area (TPSA) is 169 Å². The number of ether oxygens (including phenoxy) is 3. The van der Waals surface area contributed by atoms with Crippen LogP contribution in [0.1, 0.15) is 46.7 Å². The van der Waals surface area contributed by atoms with Crippen molar-refractivity contribution in [2.24, 2.45) is 0 Å². The number of pyridine rings is 1. The second-order valence-corrected chi connectivity index (χ2v) is 13.1. The first-order chi connectivity index (χ1) is 24.6. The summed E-state index contributed by atoms with van der Waals surface area (Å²) in [6.45, 7) is 7.13. The van der Waals surface area contributed by atoms with Crippen molar-refractivity contribution in [2.45, 2.75) is 58.6 Å². The number of aliphatic hydroxyl groups is 4. The van der Waals surface area contributed by atoms with Crippen molar-refractivity contribution in [3.8, 4) is 34.4 Å².